The second kappa shape index (κ2) is 6.94. The number of aliphatic hydroxyl groups is 1. The molecule has 4 nitrogen and oxygen atoms in total. The molecule has 0 aliphatic heterocycles. The highest BCUT2D eigenvalue weighted by Gasteiger charge is 2.64. The lowest BCUT2D eigenvalue weighted by molar-refractivity contribution is -0.141. The molecule has 1 heterocycles. The molecule has 2 aromatic rings. The third-order valence-electron chi connectivity index (χ3n) is 8.15. The van der Waals surface area contributed by atoms with E-state index in [1.165, 1.54) is 11.1 Å². The quantitative estimate of drug-likeness (QED) is 0.783. The maximum absolute atomic E-state index is 12.0. The lowest BCUT2D eigenvalue weighted by atomic mass is 9.52. The number of aryl methyl sites for hydroxylation is 1. The third-order valence-corrected chi connectivity index (χ3v) is 8.15. The van der Waals surface area contributed by atoms with E-state index in [0.29, 0.717) is 11.8 Å². The van der Waals surface area contributed by atoms with Gasteiger partial charge in [-0.15, -0.1) is 0 Å². The zero-order valence-electron chi connectivity index (χ0n) is 17.3. The van der Waals surface area contributed by atoms with Crippen LogP contribution in [0.2, 0.25) is 0 Å². The molecule has 29 heavy (non-hydrogen) atoms. The van der Waals surface area contributed by atoms with Crippen LogP contribution >= 0.6 is 0 Å². The predicted octanol–water partition coefficient (Wildman–Crippen LogP) is 4.55. The highest BCUT2D eigenvalue weighted by atomic mass is 16.5. The molecule has 1 N–H and O–H groups in total. The zero-order valence-corrected chi connectivity index (χ0v) is 17.3. The average Bonchev–Trinajstić information content (AvgIpc) is 3.03. The summed E-state index contributed by atoms with van der Waals surface area (Å²) in [5.74, 6) is 1.70. The first-order valence-electron chi connectivity index (χ1n) is 10.9. The van der Waals surface area contributed by atoms with Crippen LogP contribution in [0.25, 0.3) is 0 Å². The van der Waals surface area contributed by atoms with Crippen molar-refractivity contribution in [1.82, 2.24) is 4.98 Å². The van der Waals surface area contributed by atoms with Crippen LogP contribution in [0.3, 0.4) is 0 Å². The van der Waals surface area contributed by atoms with Gasteiger partial charge in [-0.2, -0.15) is 0 Å². The van der Waals surface area contributed by atoms with Crippen molar-refractivity contribution < 1.29 is 9.84 Å². The standard InChI is InChI=1S/C25H30N2O2/c1-24-12-10-21-20-8-7-19(29-2)15-17(20)6-9-22(21)25(24,28)13-11-23(24)27-16-18-5-3-4-14-26-18/h3-5,7-8,14-16,21-23,28H,6,9-13H2,1-2H3/t21-,22-,23-,24-,25-/m1/s1. The van der Waals surface area contributed by atoms with Gasteiger partial charge in [0.05, 0.1) is 24.4 Å². The van der Waals surface area contributed by atoms with E-state index in [1.807, 2.05) is 24.4 Å². The first-order chi connectivity index (χ1) is 14.0. The zero-order chi connectivity index (χ0) is 20.1. The van der Waals surface area contributed by atoms with Crippen molar-refractivity contribution in [2.75, 3.05) is 7.11 Å². The minimum Gasteiger partial charge on any atom is -0.497 e. The van der Waals surface area contributed by atoms with Gasteiger partial charge in [0, 0.05) is 17.8 Å². The molecule has 0 unspecified atom stereocenters. The van der Waals surface area contributed by atoms with Crippen molar-refractivity contribution in [2.45, 2.75) is 63.0 Å². The summed E-state index contributed by atoms with van der Waals surface area (Å²) in [6.07, 6.45) is 9.71. The fourth-order valence-corrected chi connectivity index (χ4v) is 6.50. The van der Waals surface area contributed by atoms with Gasteiger partial charge in [0.25, 0.3) is 0 Å². The molecule has 5 rings (SSSR count). The van der Waals surface area contributed by atoms with Crippen LogP contribution in [-0.2, 0) is 6.42 Å². The smallest absolute Gasteiger partial charge is 0.119 e. The van der Waals surface area contributed by atoms with Gasteiger partial charge in [0.15, 0.2) is 0 Å². The lowest BCUT2D eigenvalue weighted by Crippen LogP contribution is -2.57. The van der Waals surface area contributed by atoms with Gasteiger partial charge in [-0.25, -0.2) is 0 Å². The Bertz CT molecular complexity index is 928. The molecule has 2 fully saturated rings. The number of methoxy groups -OCH3 is 1. The van der Waals surface area contributed by atoms with Crippen LogP contribution in [0.4, 0.5) is 0 Å². The number of rotatable bonds is 3. The second-order valence-electron chi connectivity index (χ2n) is 9.28. The third kappa shape index (κ3) is 2.83. The fourth-order valence-electron chi connectivity index (χ4n) is 6.50. The summed E-state index contributed by atoms with van der Waals surface area (Å²) in [5, 5.41) is 12.0. The van der Waals surface area contributed by atoms with Crippen molar-refractivity contribution in [1.29, 1.82) is 0 Å². The van der Waals surface area contributed by atoms with E-state index in [4.69, 9.17) is 9.73 Å². The SMILES string of the molecule is COc1ccc2c(c1)CC[C@@H]1[C@@H]2CC[C@]2(C)[C@H](N=Cc3ccccn3)CC[C@@]12O. The highest BCUT2D eigenvalue weighted by molar-refractivity contribution is 5.76. The van der Waals surface area contributed by atoms with Crippen LogP contribution in [0.1, 0.15) is 61.8 Å². The van der Waals surface area contributed by atoms with Gasteiger partial charge >= 0.3 is 0 Å². The van der Waals surface area contributed by atoms with E-state index in [0.717, 1.165) is 50.0 Å². The van der Waals surface area contributed by atoms with Crippen LogP contribution in [0.5, 0.6) is 5.75 Å². The molecular formula is C25H30N2O2. The molecule has 5 atom stereocenters. The van der Waals surface area contributed by atoms with Crippen LogP contribution in [0, 0.1) is 11.3 Å². The van der Waals surface area contributed by atoms with Crippen molar-refractivity contribution in [2.24, 2.45) is 16.3 Å². The summed E-state index contributed by atoms with van der Waals surface area (Å²) < 4.78 is 5.43. The van der Waals surface area contributed by atoms with E-state index >= 15 is 0 Å². The topological polar surface area (TPSA) is 54.7 Å². The van der Waals surface area contributed by atoms with Crippen LogP contribution in [-0.4, -0.2) is 35.1 Å². The molecule has 0 spiro atoms. The number of benzene rings is 1. The Morgan fingerprint density at radius 3 is 2.86 bits per heavy atom. The van der Waals surface area contributed by atoms with Gasteiger partial charge in [0.1, 0.15) is 5.75 Å². The molecular weight excluding hydrogens is 360 g/mol. The lowest BCUT2D eigenvalue weighted by Gasteiger charge is -2.55. The summed E-state index contributed by atoms with van der Waals surface area (Å²) >= 11 is 0. The molecule has 3 aliphatic carbocycles. The Hall–Kier alpha value is -2.20. The summed E-state index contributed by atoms with van der Waals surface area (Å²) in [7, 11) is 1.73. The number of fused-ring (bicyclic) bond motifs is 5. The summed E-state index contributed by atoms with van der Waals surface area (Å²) in [4.78, 5) is 9.30. The van der Waals surface area contributed by atoms with Crippen molar-refractivity contribution >= 4 is 6.21 Å². The number of hydrogen-bond donors (Lipinski definition) is 1. The van der Waals surface area contributed by atoms with Crippen molar-refractivity contribution in [3.05, 3.63) is 59.4 Å². The minimum atomic E-state index is -0.639. The van der Waals surface area contributed by atoms with E-state index in [1.54, 1.807) is 13.3 Å². The van der Waals surface area contributed by atoms with Crippen molar-refractivity contribution in [3.63, 3.8) is 0 Å². The predicted molar refractivity (Wildman–Crippen MR) is 115 cm³/mol. The van der Waals surface area contributed by atoms with Crippen LogP contribution < -0.4 is 4.74 Å². The molecule has 0 bridgehead atoms. The van der Waals surface area contributed by atoms with E-state index in [2.05, 4.69) is 30.1 Å². The Morgan fingerprint density at radius 2 is 2.07 bits per heavy atom. The maximum atomic E-state index is 12.0. The molecule has 0 saturated heterocycles. The second-order valence-corrected chi connectivity index (χ2v) is 9.28. The summed E-state index contributed by atoms with van der Waals surface area (Å²) in [6.45, 7) is 2.28. The number of ether oxygens (including phenoxy) is 1. The number of nitrogens with zero attached hydrogens (tertiary/aromatic N) is 2. The largest absolute Gasteiger partial charge is 0.497 e. The number of aromatic nitrogens is 1. The first kappa shape index (κ1) is 18.8. The first-order valence-corrected chi connectivity index (χ1v) is 10.9. The molecule has 2 saturated carbocycles. The van der Waals surface area contributed by atoms with Crippen LogP contribution in [0.15, 0.2) is 47.6 Å². The molecule has 1 aromatic carbocycles. The molecule has 0 amide bonds. The summed E-state index contributed by atoms with van der Waals surface area (Å²) in [6, 6.07) is 12.6. The van der Waals surface area contributed by atoms with E-state index in [-0.39, 0.29) is 11.5 Å². The number of aliphatic imine (C=N–C) groups is 1. The Kier molecular flexibility index (Phi) is 4.50. The normalized spacial score (nSPS) is 35.8. The average molecular weight is 391 g/mol. The van der Waals surface area contributed by atoms with Gasteiger partial charge in [-0.3, -0.25) is 9.98 Å². The molecule has 0 radical (unpaired) electrons. The van der Waals surface area contributed by atoms with E-state index < -0.39 is 5.60 Å². The Morgan fingerprint density at radius 1 is 1.17 bits per heavy atom. The number of hydrogen-bond acceptors (Lipinski definition) is 4. The molecule has 4 heteroatoms. The summed E-state index contributed by atoms with van der Waals surface area (Å²) in [5.41, 5.74) is 2.92. The van der Waals surface area contributed by atoms with Gasteiger partial charge in [0.2, 0.25) is 0 Å². The van der Waals surface area contributed by atoms with Crippen molar-refractivity contribution in [3.8, 4) is 5.75 Å². The molecule has 1 aromatic heterocycles. The minimum absolute atomic E-state index is 0.160. The van der Waals surface area contributed by atoms with Gasteiger partial charge < -0.3 is 9.84 Å². The monoisotopic (exact) mass is 390 g/mol. The molecule has 152 valence electrons. The van der Waals surface area contributed by atoms with E-state index in [9.17, 15) is 5.11 Å². The van der Waals surface area contributed by atoms with Gasteiger partial charge in [-0.05, 0) is 85.8 Å². The van der Waals surface area contributed by atoms with Gasteiger partial charge in [-0.1, -0.05) is 19.1 Å². The Labute approximate surface area is 173 Å². The molecule has 3 aliphatic rings. The fraction of sp³-hybridized carbons (Fsp3) is 0.520. The maximum Gasteiger partial charge on any atom is 0.119 e. The highest BCUT2D eigenvalue weighted by Crippen LogP contribution is 2.63. The Balaban J connectivity index is 1.44. The number of pyridine rings is 1.